The second-order valence-corrected chi connectivity index (χ2v) is 34.0. The Balaban J connectivity index is 1.48. The summed E-state index contributed by atoms with van der Waals surface area (Å²) in [6.07, 6.45) is 10.7. The Labute approximate surface area is 617 Å². The van der Waals surface area contributed by atoms with Gasteiger partial charge in [-0.1, -0.05) is 113 Å². The third kappa shape index (κ3) is 21.6. The lowest BCUT2D eigenvalue weighted by Crippen LogP contribution is -2.71. The van der Waals surface area contributed by atoms with Crippen molar-refractivity contribution in [2.24, 2.45) is 34.5 Å². The van der Waals surface area contributed by atoms with E-state index < -0.39 is 167 Å². The number of carbonyl (C=O) groups is 12. The lowest BCUT2D eigenvalue weighted by molar-refractivity contribution is -0.160. The molecule has 0 aromatic rings. The zero-order valence-corrected chi connectivity index (χ0v) is 66.1. The number of likely N-dealkylation sites (N-methyl/N-ethyl adjacent to an activating group) is 7. The van der Waals surface area contributed by atoms with E-state index in [0.717, 1.165) is 32.1 Å². The molecule has 102 heavy (non-hydrogen) atoms. The average molecular weight is 1470 g/mol. The largest absolute Gasteiger partial charge is 0.377 e. The van der Waals surface area contributed by atoms with E-state index in [0.29, 0.717) is 44.4 Å². The Morgan fingerprint density at radius 3 is 1.89 bits per heavy atom. The normalized spacial score (nSPS) is 31.7. The van der Waals surface area contributed by atoms with Crippen LogP contribution in [0.2, 0.25) is 0 Å². The highest BCUT2D eigenvalue weighted by Crippen LogP contribution is 2.50. The van der Waals surface area contributed by atoms with Crippen LogP contribution >= 0.6 is 23.2 Å². The van der Waals surface area contributed by atoms with E-state index in [2.05, 4.69) is 22.9 Å². The molecule has 6 rings (SSSR count). The number of carbonyl (C=O) groups excluding carboxylic acids is 12. The summed E-state index contributed by atoms with van der Waals surface area (Å²) in [5.41, 5.74) is -2.70. The van der Waals surface area contributed by atoms with Gasteiger partial charge < -0.3 is 64.8 Å². The molecule has 576 valence electrons. The van der Waals surface area contributed by atoms with Crippen molar-refractivity contribution in [1.29, 1.82) is 0 Å². The molecule has 5 fully saturated rings. The number of fused-ring (bicyclic) bond motifs is 3. The molecule has 2 bridgehead atoms. The van der Waals surface area contributed by atoms with Crippen molar-refractivity contribution in [2.75, 3.05) is 89.2 Å². The van der Waals surface area contributed by atoms with Gasteiger partial charge in [-0.05, 0) is 118 Å². The van der Waals surface area contributed by atoms with Gasteiger partial charge in [-0.25, -0.2) is 0 Å². The Morgan fingerprint density at radius 1 is 0.667 bits per heavy atom. The van der Waals surface area contributed by atoms with E-state index in [1.165, 1.54) is 95.6 Å². The van der Waals surface area contributed by atoms with Gasteiger partial charge >= 0.3 is 0 Å². The molecule has 2 saturated heterocycles. The smallest absolute Gasteiger partial charge is 0.248 e. The zero-order chi connectivity index (χ0) is 76.2. The summed E-state index contributed by atoms with van der Waals surface area (Å²) in [6.45, 7) is 18.4. The standard InChI is InChI=1S/C75H124Cl2N12O13/c1-19-25-54-64(93)79-63(47(5)20-2)71(100)83(14)43-62(92)85(16)55-26-23-22-24-35-88(70(55)99)58(37-49-29-27-46(4)28-30-49)68(97)82(13)42-60(90)78-53(34-32-48-31-33-51(76)52(77)36-48)66(95)89-41-50(102-21-3)38-56(89)65(94)80-75(44-74(9,10)45-75)72(101)87(18)59(40-73(6,7)8)69(98)86(17)57(67(96)81(11)12)39-61(91)84(54)15/h22-23,46-59,63H,19-21,24-45H2,1-18H3,(H,78,90)(H,79,93)(H,80,94)/b23-22-/t46?,47-,48?,49?,50+,51?,52?,53-,54-,55-,56-,57-,58-,59-,63-/m0/s1. The number of hydrogen-bond acceptors (Lipinski definition) is 13. The van der Waals surface area contributed by atoms with Gasteiger partial charge in [-0.15, -0.1) is 23.2 Å². The number of nitrogens with one attached hydrogen (secondary N) is 3. The number of ether oxygens (including phenoxy) is 1. The van der Waals surface area contributed by atoms with E-state index in [-0.39, 0.29) is 93.7 Å². The first kappa shape index (κ1) is 84.9. The van der Waals surface area contributed by atoms with Crippen LogP contribution in [0.5, 0.6) is 0 Å². The summed E-state index contributed by atoms with van der Waals surface area (Å²) < 4.78 is 6.16. The minimum atomic E-state index is -1.60. The highest BCUT2D eigenvalue weighted by molar-refractivity contribution is 6.30. The first-order valence-electron chi connectivity index (χ1n) is 37.5. The van der Waals surface area contributed by atoms with Crippen LogP contribution in [-0.2, 0) is 62.3 Å². The number of nitrogens with zero attached hydrogens (tertiary/aromatic N) is 9. The minimum absolute atomic E-state index is 0.0367. The molecule has 0 aromatic carbocycles. The molecule has 0 aromatic heterocycles. The van der Waals surface area contributed by atoms with Crippen molar-refractivity contribution in [1.82, 2.24) is 60.0 Å². The number of amides is 12. The van der Waals surface area contributed by atoms with Gasteiger partial charge in [-0.2, -0.15) is 0 Å². The lowest BCUT2D eigenvalue weighted by Gasteiger charge is -2.54. The van der Waals surface area contributed by atoms with E-state index in [1.54, 1.807) is 18.7 Å². The number of rotatable bonds is 13. The Bertz CT molecular complexity index is 3020. The van der Waals surface area contributed by atoms with Crippen LogP contribution in [0.4, 0.5) is 0 Å². The first-order chi connectivity index (χ1) is 47.7. The minimum Gasteiger partial charge on any atom is -0.377 e. The van der Waals surface area contributed by atoms with Gasteiger partial charge in [0.25, 0.3) is 0 Å². The molecule has 6 aliphatic rings. The summed E-state index contributed by atoms with van der Waals surface area (Å²) in [7, 11) is 11.7. The van der Waals surface area contributed by atoms with Crippen LogP contribution in [-0.4, -0.2) is 275 Å². The molecule has 3 unspecified atom stereocenters. The van der Waals surface area contributed by atoms with Crippen molar-refractivity contribution >= 4 is 94.1 Å². The molecule has 1 spiro atoms. The van der Waals surface area contributed by atoms with Crippen LogP contribution in [0.15, 0.2) is 12.2 Å². The Hall–Kier alpha value is -6.08. The van der Waals surface area contributed by atoms with Crippen LogP contribution in [0.1, 0.15) is 198 Å². The number of halogens is 2. The molecule has 13 atom stereocenters. The fourth-order valence-corrected chi connectivity index (χ4v) is 16.9. The van der Waals surface area contributed by atoms with E-state index in [9.17, 15) is 28.8 Å². The molecule has 0 radical (unpaired) electrons. The maximum atomic E-state index is 15.7. The van der Waals surface area contributed by atoms with E-state index >= 15 is 28.8 Å². The third-order valence-corrected chi connectivity index (χ3v) is 23.7. The summed E-state index contributed by atoms with van der Waals surface area (Å²) in [4.78, 5) is 193. The molecular formula is C75H124Cl2N12O13. The Kier molecular flexibility index (Phi) is 30.6. The average Bonchev–Trinajstić information content (AvgIpc) is 0.893. The molecular weight excluding hydrogens is 1350 g/mol. The summed E-state index contributed by atoms with van der Waals surface area (Å²) in [6, 6.07) is -9.67. The highest BCUT2D eigenvalue weighted by Gasteiger charge is 2.59. The predicted octanol–water partition coefficient (Wildman–Crippen LogP) is 6.19. The van der Waals surface area contributed by atoms with E-state index in [1.807, 2.05) is 60.6 Å². The van der Waals surface area contributed by atoms with Crippen molar-refractivity contribution in [2.45, 2.75) is 268 Å². The molecule has 3 N–H and O–H groups in total. The highest BCUT2D eigenvalue weighted by atomic mass is 35.5. The van der Waals surface area contributed by atoms with Crippen LogP contribution in [0, 0.1) is 34.5 Å². The van der Waals surface area contributed by atoms with Crippen molar-refractivity contribution in [3.8, 4) is 0 Å². The molecule has 3 aliphatic carbocycles. The molecule has 3 aliphatic heterocycles. The van der Waals surface area contributed by atoms with E-state index in [4.69, 9.17) is 27.9 Å². The van der Waals surface area contributed by atoms with Gasteiger partial charge in [0.15, 0.2) is 0 Å². The quantitative estimate of drug-likeness (QED) is 0.137. The Morgan fingerprint density at radius 2 is 1.30 bits per heavy atom. The van der Waals surface area contributed by atoms with Gasteiger partial charge in [0, 0.05) is 87.9 Å². The molecule has 12 amide bonds. The summed E-state index contributed by atoms with van der Waals surface area (Å²) in [5, 5.41) is 8.48. The molecule has 25 nitrogen and oxygen atoms in total. The predicted molar refractivity (Wildman–Crippen MR) is 392 cm³/mol. The maximum absolute atomic E-state index is 15.7. The molecule has 3 heterocycles. The fraction of sp³-hybridized carbons (Fsp3) is 0.813. The van der Waals surface area contributed by atoms with Crippen LogP contribution < -0.4 is 16.0 Å². The number of hydrogen-bond donors (Lipinski definition) is 3. The van der Waals surface area contributed by atoms with Gasteiger partial charge in [0.1, 0.15) is 53.9 Å². The molecule has 3 saturated carbocycles. The van der Waals surface area contributed by atoms with Gasteiger partial charge in [-0.3, -0.25) is 57.5 Å². The fourth-order valence-electron chi connectivity index (χ4n) is 16.3. The second-order valence-electron chi connectivity index (χ2n) is 32.9. The van der Waals surface area contributed by atoms with Crippen molar-refractivity contribution in [3.63, 3.8) is 0 Å². The topological polar surface area (TPSA) is 279 Å². The van der Waals surface area contributed by atoms with Crippen molar-refractivity contribution < 1.29 is 62.3 Å². The second kappa shape index (κ2) is 36.8. The van der Waals surface area contributed by atoms with Gasteiger partial charge in [0.05, 0.1) is 31.0 Å². The summed E-state index contributed by atoms with van der Waals surface area (Å²) in [5.74, 6) is -7.21. The third-order valence-electron chi connectivity index (χ3n) is 22.5. The zero-order valence-electron chi connectivity index (χ0n) is 64.6. The SMILES string of the molecule is CCC[C@H]1C(=O)N[C@@H]([C@@H](C)CC)C(=O)N(C)CC(=O)N(C)[C@H]2C/C=C\CCN(C2=O)[C@@H](CC2CCC(C)CC2)C(=O)N(C)CC(=O)N[C@@H](CCC2CCC(Cl)C(Cl)C2)C(=O)N2C[C@H](OCC)C[C@H]2C(=O)NC2(CC(C)(C)C2)C(=O)N(C)[C@@H](CC(C)(C)C)C(=O)N(C)[C@H](C(=O)N(C)C)CC(=O)N1C. The van der Waals surface area contributed by atoms with Gasteiger partial charge in [0.2, 0.25) is 70.9 Å². The van der Waals surface area contributed by atoms with Crippen LogP contribution in [0.25, 0.3) is 0 Å². The van der Waals surface area contributed by atoms with Crippen LogP contribution in [0.3, 0.4) is 0 Å². The molecule has 27 heteroatoms. The van der Waals surface area contributed by atoms with Crippen molar-refractivity contribution in [3.05, 3.63) is 12.2 Å². The monoisotopic (exact) mass is 1470 g/mol. The lowest BCUT2D eigenvalue weighted by atomic mass is 9.58. The first-order valence-corrected chi connectivity index (χ1v) is 38.4. The number of alkyl halides is 2. The summed E-state index contributed by atoms with van der Waals surface area (Å²) >= 11 is 13.3. The maximum Gasteiger partial charge on any atom is 0.248 e.